The average molecular weight is 217 g/mol. The van der Waals surface area contributed by atoms with Crippen molar-refractivity contribution < 1.29 is 9.47 Å². The molecule has 1 aromatic rings. The van der Waals surface area contributed by atoms with Gasteiger partial charge in [-0.2, -0.15) is 0 Å². The molecule has 0 amide bonds. The van der Waals surface area contributed by atoms with Crippen molar-refractivity contribution in [1.82, 2.24) is 0 Å². The van der Waals surface area contributed by atoms with E-state index in [1.165, 1.54) is 0 Å². The molecule has 1 aromatic carbocycles. The first kappa shape index (κ1) is 10.7. The molecular weight excluding hydrogens is 202 g/mol. The van der Waals surface area contributed by atoms with Crippen molar-refractivity contribution in [2.24, 2.45) is 0 Å². The molecule has 0 fully saturated rings. The Morgan fingerprint density at radius 3 is 2.88 bits per heavy atom. The normalized spacial score (nSPS) is 13.3. The Hall–Kier alpha value is -1.82. The highest BCUT2D eigenvalue weighted by atomic mass is 16.5. The third-order valence-corrected chi connectivity index (χ3v) is 2.31. The lowest BCUT2D eigenvalue weighted by atomic mass is 10.2. The highest BCUT2D eigenvalue weighted by Gasteiger charge is 2.09. The van der Waals surface area contributed by atoms with Crippen LogP contribution in [0.1, 0.15) is 13.3 Å². The zero-order valence-corrected chi connectivity index (χ0v) is 9.38. The van der Waals surface area contributed by atoms with Crippen molar-refractivity contribution in [3.63, 3.8) is 0 Å². The van der Waals surface area contributed by atoms with Gasteiger partial charge in [-0.1, -0.05) is 5.92 Å². The molecule has 2 rings (SSSR count). The first-order valence-corrected chi connectivity index (χ1v) is 5.43. The highest BCUT2D eigenvalue weighted by Crippen LogP contribution is 2.32. The molecule has 0 unspecified atom stereocenters. The van der Waals surface area contributed by atoms with E-state index in [1.54, 1.807) is 0 Å². The van der Waals surface area contributed by atoms with Crippen LogP contribution in [-0.2, 0) is 0 Å². The summed E-state index contributed by atoms with van der Waals surface area (Å²) in [6.07, 6.45) is 0.929. The first-order chi connectivity index (χ1) is 7.90. The van der Waals surface area contributed by atoms with Crippen molar-refractivity contribution in [3.05, 3.63) is 18.2 Å². The molecule has 0 aromatic heterocycles. The van der Waals surface area contributed by atoms with Crippen LogP contribution in [0.25, 0.3) is 0 Å². The summed E-state index contributed by atoms with van der Waals surface area (Å²) in [5.74, 6) is 7.43. The summed E-state index contributed by atoms with van der Waals surface area (Å²) in [6.45, 7) is 3.91. The van der Waals surface area contributed by atoms with Gasteiger partial charge in [-0.25, -0.2) is 0 Å². The molecule has 0 aliphatic carbocycles. The molecule has 1 aliphatic heterocycles. The Kier molecular flexibility index (Phi) is 3.55. The predicted octanol–water partition coefficient (Wildman–Crippen LogP) is 2.28. The maximum Gasteiger partial charge on any atom is 0.163 e. The minimum Gasteiger partial charge on any atom is -0.490 e. The Morgan fingerprint density at radius 1 is 1.25 bits per heavy atom. The number of hydrogen-bond acceptors (Lipinski definition) is 3. The van der Waals surface area contributed by atoms with E-state index < -0.39 is 0 Å². The van der Waals surface area contributed by atoms with Crippen molar-refractivity contribution >= 4 is 5.69 Å². The molecule has 1 aliphatic rings. The zero-order valence-electron chi connectivity index (χ0n) is 9.38. The molecule has 0 saturated heterocycles. The largest absolute Gasteiger partial charge is 0.490 e. The summed E-state index contributed by atoms with van der Waals surface area (Å²) >= 11 is 0. The van der Waals surface area contributed by atoms with Gasteiger partial charge in [0.15, 0.2) is 11.5 Å². The smallest absolute Gasteiger partial charge is 0.163 e. The number of anilines is 1. The van der Waals surface area contributed by atoms with E-state index in [4.69, 9.17) is 9.47 Å². The monoisotopic (exact) mass is 217 g/mol. The minimum atomic E-state index is 0.649. The molecule has 1 heterocycles. The summed E-state index contributed by atoms with van der Waals surface area (Å²) in [4.78, 5) is 0. The second kappa shape index (κ2) is 5.32. The summed E-state index contributed by atoms with van der Waals surface area (Å²) < 4.78 is 11.1. The fraction of sp³-hybridized carbons (Fsp3) is 0.385. The summed E-state index contributed by atoms with van der Waals surface area (Å²) in [6, 6.07) is 5.87. The molecule has 0 bridgehead atoms. The summed E-state index contributed by atoms with van der Waals surface area (Å²) in [5.41, 5.74) is 1.01. The topological polar surface area (TPSA) is 30.5 Å². The molecule has 0 atom stereocenters. The van der Waals surface area contributed by atoms with Crippen LogP contribution in [-0.4, -0.2) is 19.8 Å². The van der Waals surface area contributed by atoms with Crippen LogP contribution in [0.2, 0.25) is 0 Å². The van der Waals surface area contributed by atoms with Gasteiger partial charge in [0.05, 0.1) is 19.8 Å². The van der Waals surface area contributed by atoms with Gasteiger partial charge >= 0.3 is 0 Å². The van der Waals surface area contributed by atoms with Crippen LogP contribution in [0.4, 0.5) is 5.69 Å². The van der Waals surface area contributed by atoms with Crippen molar-refractivity contribution in [3.8, 4) is 23.3 Å². The van der Waals surface area contributed by atoms with Crippen molar-refractivity contribution in [2.75, 3.05) is 25.1 Å². The van der Waals surface area contributed by atoms with E-state index in [2.05, 4.69) is 17.2 Å². The molecule has 16 heavy (non-hydrogen) atoms. The quantitative estimate of drug-likeness (QED) is 0.771. The van der Waals surface area contributed by atoms with Crippen LogP contribution < -0.4 is 14.8 Å². The van der Waals surface area contributed by atoms with Crippen molar-refractivity contribution in [1.29, 1.82) is 0 Å². The Bertz CT molecular complexity index is 418. The van der Waals surface area contributed by atoms with Gasteiger partial charge < -0.3 is 14.8 Å². The summed E-state index contributed by atoms with van der Waals surface area (Å²) in [7, 11) is 0. The molecule has 3 heteroatoms. The van der Waals surface area contributed by atoms with Crippen LogP contribution in [0.15, 0.2) is 18.2 Å². The summed E-state index contributed by atoms with van der Waals surface area (Å²) in [5, 5.41) is 3.21. The molecule has 0 spiro atoms. The van der Waals surface area contributed by atoms with Gasteiger partial charge in [-0.05, 0) is 19.1 Å². The fourth-order valence-electron chi connectivity index (χ4n) is 1.51. The third kappa shape index (κ3) is 2.60. The Labute approximate surface area is 95.8 Å². The van der Waals surface area contributed by atoms with Gasteiger partial charge in [-0.15, -0.1) is 5.92 Å². The van der Waals surface area contributed by atoms with E-state index in [9.17, 15) is 0 Å². The van der Waals surface area contributed by atoms with Crippen LogP contribution in [0, 0.1) is 11.8 Å². The van der Waals surface area contributed by atoms with E-state index in [1.807, 2.05) is 25.1 Å². The lowest BCUT2D eigenvalue weighted by Gasteiger charge is -2.09. The van der Waals surface area contributed by atoms with E-state index in [-0.39, 0.29) is 0 Å². The van der Waals surface area contributed by atoms with Crippen LogP contribution >= 0.6 is 0 Å². The van der Waals surface area contributed by atoms with Gasteiger partial charge in [0.1, 0.15) is 0 Å². The lowest BCUT2D eigenvalue weighted by Crippen LogP contribution is -1.99. The van der Waals surface area contributed by atoms with Gasteiger partial charge in [0.25, 0.3) is 0 Å². The van der Waals surface area contributed by atoms with Crippen molar-refractivity contribution in [2.45, 2.75) is 13.3 Å². The number of rotatable bonds is 2. The molecular formula is C13H15NO2. The van der Waals surface area contributed by atoms with E-state index in [0.29, 0.717) is 13.2 Å². The maximum atomic E-state index is 5.59. The minimum absolute atomic E-state index is 0.649. The Balaban J connectivity index is 2.10. The number of fused-ring (bicyclic) bond motifs is 1. The van der Waals surface area contributed by atoms with E-state index >= 15 is 0 Å². The van der Waals surface area contributed by atoms with E-state index in [0.717, 1.165) is 30.2 Å². The lowest BCUT2D eigenvalue weighted by molar-refractivity contribution is 0.297. The van der Waals surface area contributed by atoms with Gasteiger partial charge in [-0.3, -0.25) is 0 Å². The standard InChI is InChI=1S/C13H15NO2/c1-2-3-7-14-11-5-6-12-13(10-11)16-9-4-8-15-12/h5-6,10,14H,4,7-9H2,1H3. The SMILES string of the molecule is CC#CCNc1ccc2c(c1)OCCCO2. The highest BCUT2D eigenvalue weighted by molar-refractivity contribution is 5.55. The molecule has 84 valence electrons. The van der Waals surface area contributed by atoms with Crippen LogP contribution in [0.3, 0.4) is 0 Å². The van der Waals surface area contributed by atoms with Gasteiger partial charge in [0.2, 0.25) is 0 Å². The number of hydrogen-bond donors (Lipinski definition) is 1. The predicted molar refractivity (Wildman–Crippen MR) is 64.0 cm³/mol. The zero-order chi connectivity index (χ0) is 11.2. The molecule has 1 N–H and O–H groups in total. The second-order valence-corrected chi connectivity index (χ2v) is 3.49. The third-order valence-electron chi connectivity index (χ3n) is 2.31. The Morgan fingerprint density at radius 2 is 2.06 bits per heavy atom. The molecule has 0 radical (unpaired) electrons. The fourth-order valence-corrected chi connectivity index (χ4v) is 1.51. The maximum absolute atomic E-state index is 5.59. The molecule has 3 nitrogen and oxygen atoms in total. The number of nitrogens with one attached hydrogen (secondary N) is 1. The number of benzene rings is 1. The second-order valence-electron chi connectivity index (χ2n) is 3.49. The van der Waals surface area contributed by atoms with Gasteiger partial charge in [0, 0.05) is 18.2 Å². The first-order valence-electron chi connectivity index (χ1n) is 5.43. The average Bonchev–Trinajstić information content (AvgIpc) is 2.54. The number of ether oxygens (including phenoxy) is 2. The molecule has 0 saturated carbocycles. The van der Waals surface area contributed by atoms with Crippen LogP contribution in [0.5, 0.6) is 11.5 Å².